The zero-order valence-corrected chi connectivity index (χ0v) is 14.7. The molecule has 25 heavy (non-hydrogen) atoms. The van der Waals surface area contributed by atoms with E-state index in [2.05, 4.69) is 5.32 Å². The predicted octanol–water partition coefficient (Wildman–Crippen LogP) is 3.16. The quantitative estimate of drug-likeness (QED) is 0.822. The lowest BCUT2D eigenvalue weighted by Gasteiger charge is -2.17. The van der Waals surface area contributed by atoms with Gasteiger partial charge in [-0.3, -0.25) is 15.0 Å². The largest absolute Gasteiger partial charge is 0.497 e. The van der Waals surface area contributed by atoms with Gasteiger partial charge in [0.25, 0.3) is 5.91 Å². The topological polar surface area (TPSA) is 50.8 Å². The number of fused-ring (bicyclic) bond motifs is 1. The summed E-state index contributed by atoms with van der Waals surface area (Å²) in [4.78, 5) is 14.7. The Morgan fingerprint density at radius 1 is 1.12 bits per heavy atom. The molecule has 0 saturated carbocycles. The van der Waals surface area contributed by atoms with Crippen LogP contribution in [0.5, 0.6) is 11.5 Å². The Labute approximate surface area is 147 Å². The summed E-state index contributed by atoms with van der Waals surface area (Å²) in [6.07, 6.45) is 1.87. The van der Waals surface area contributed by atoms with Crippen molar-refractivity contribution in [1.82, 2.24) is 5.32 Å². The molecule has 2 aromatic rings. The molecule has 2 aromatic carbocycles. The van der Waals surface area contributed by atoms with Crippen LogP contribution in [0.3, 0.4) is 0 Å². The highest BCUT2D eigenvalue weighted by Crippen LogP contribution is 2.38. The number of hydrogen-bond donors (Lipinski definition) is 1. The van der Waals surface area contributed by atoms with E-state index in [1.165, 1.54) is 0 Å². The van der Waals surface area contributed by atoms with Gasteiger partial charge in [0.1, 0.15) is 11.5 Å². The van der Waals surface area contributed by atoms with Crippen LogP contribution in [0.15, 0.2) is 42.5 Å². The van der Waals surface area contributed by atoms with E-state index < -0.39 is 0 Å². The van der Waals surface area contributed by atoms with Crippen molar-refractivity contribution >= 4 is 23.2 Å². The average Bonchev–Trinajstić information content (AvgIpc) is 2.91. The van der Waals surface area contributed by atoms with Gasteiger partial charge < -0.3 is 9.47 Å². The number of ether oxygens (including phenoxy) is 2. The smallest absolute Gasteiger partial charge is 0.260 e. The van der Waals surface area contributed by atoms with Crippen LogP contribution in [-0.2, 0) is 4.79 Å². The van der Waals surface area contributed by atoms with E-state index in [9.17, 15) is 4.79 Å². The molecule has 1 aliphatic rings. The molecule has 5 nitrogen and oxygen atoms in total. The molecule has 1 heterocycles. The van der Waals surface area contributed by atoms with Gasteiger partial charge in [-0.05, 0) is 36.9 Å². The van der Waals surface area contributed by atoms with Crippen molar-refractivity contribution < 1.29 is 14.3 Å². The van der Waals surface area contributed by atoms with Gasteiger partial charge in [-0.1, -0.05) is 25.1 Å². The van der Waals surface area contributed by atoms with Crippen LogP contribution in [-0.4, -0.2) is 33.3 Å². The predicted molar refractivity (Wildman–Crippen MR) is 99.9 cm³/mol. The number of nitrogens with one attached hydrogen (secondary N) is 1. The van der Waals surface area contributed by atoms with E-state index >= 15 is 0 Å². The molecular weight excluding hydrogens is 316 g/mol. The first-order valence-corrected chi connectivity index (χ1v) is 8.25. The van der Waals surface area contributed by atoms with E-state index in [0.29, 0.717) is 18.0 Å². The monoisotopic (exact) mass is 338 g/mol. The molecule has 0 unspecified atom stereocenters. The summed E-state index contributed by atoms with van der Waals surface area (Å²) < 4.78 is 10.7. The maximum Gasteiger partial charge on any atom is 0.260 e. The van der Waals surface area contributed by atoms with Crippen LogP contribution in [0.4, 0.5) is 5.69 Å². The third-order valence-corrected chi connectivity index (χ3v) is 4.22. The molecule has 0 fully saturated rings. The number of methoxy groups -OCH3 is 2. The fourth-order valence-electron chi connectivity index (χ4n) is 2.93. The van der Waals surface area contributed by atoms with Crippen LogP contribution in [0, 0.1) is 0 Å². The standard InChI is InChI=1S/C20H22N2O3/c1-4-21-13-22-18-8-6-5-7-16(18)17(20(22)23)12-14-11-15(24-2)9-10-19(14)25-3/h5-12,21H,4,13H2,1-3H3/b17-12+. The van der Waals surface area contributed by atoms with Crippen LogP contribution >= 0.6 is 0 Å². The molecule has 1 amide bonds. The third-order valence-electron chi connectivity index (χ3n) is 4.22. The van der Waals surface area contributed by atoms with Gasteiger partial charge in [-0.15, -0.1) is 0 Å². The molecule has 1 aliphatic heterocycles. The number of hydrogen-bond acceptors (Lipinski definition) is 4. The number of benzene rings is 2. The number of carbonyl (C=O) groups excluding carboxylic acids is 1. The first-order valence-electron chi connectivity index (χ1n) is 8.25. The second-order valence-corrected chi connectivity index (χ2v) is 5.68. The van der Waals surface area contributed by atoms with Crippen LogP contribution < -0.4 is 19.7 Å². The summed E-state index contributed by atoms with van der Waals surface area (Å²) in [5.74, 6) is 1.40. The molecular formula is C20H22N2O3. The lowest BCUT2D eigenvalue weighted by Crippen LogP contribution is -2.36. The SMILES string of the molecule is CCNCN1C(=O)/C(=C/c2cc(OC)ccc2OC)c2ccccc21. The van der Waals surface area contributed by atoms with E-state index in [1.54, 1.807) is 19.1 Å². The van der Waals surface area contributed by atoms with Crippen LogP contribution in [0.1, 0.15) is 18.1 Å². The summed E-state index contributed by atoms with van der Waals surface area (Å²) >= 11 is 0. The fraction of sp³-hybridized carbons (Fsp3) is 0.250. The van der Waals surface area contributed by atoms with Crippen molar-refractivity contribution in [2.24, 2.45) is 0 Å². The summed E-state index contributed by atoms with van der Waals surface area (Å²) in [6.45, 7) is 3.30. The molecule has 3 rings (SSSR count). The molecule has 0 spiro atoms. The second kappa shape index (κ2) is 7.40. The molecule has 0 aliphatic carbocycles. The van der Waals surface area contributed by atoms with E-state index in [0.717, 1.165) is 29.1 Å². The Morgan fingerprint density at radius 2 is 1.92 bits per heavy atom. The number of carbonyl (C=O) groups is 1. The average molecular weight is 338 g/mol. The highest BCUT2D eigenvalue weighted by Gasteiger charge is 2.31. The number of nitrogens with zero attached hydrogens (tertiary/aromatic N) is 1. The third kappa shape index (κ3) is 3.23. The van der Waals surface area contributed by atoms with Gasteiger partial charge in [0.15, 0.2) is 0 Å². The van der Waals surface area contributed by atoms with Gasteiger partial charge >= 0.3 is 0 Å². The first kappa shape index (κ1) is 17.0. The Bertz CT molecular complexity index is 814. The molecule has 0 saturated heterocycles. The van der Waals surface area contributed by atoms with Gasteiger partial charge in [-0.25, -0.2) is 0 Å². The second-order valence-electron chi connectivity index (χ2n) is 5.68. The Morgan fingerprint density at radius 3 is 2.64 bits per heavy atom. The number of rotatable bonds is 6. The van der Waals surface area contributed by atoms with Crippen molar-refractivity contribution in [3.63, 3.8) is 0 Å². The van der Waals surface area contributed by atoms with Gasteiger partial charge in [0.2, 0.25) is 0 Å². The van der Waals surface area contributed by atoms with Crippen molar-refractivity contribution in [3.05, 3.63) is 53.6 Å². The minimum Gasteiger partial charge on any atom is -0.497 e. The lowest BCUT2D eigenvalue weighted by molar-refractivity contribution is -0.113. The minimum absolute atomic E-state index is 0.0213. The number of amides is 1. The summed E-state index contributed by atoms with van der Waals surface area (Å²) in [7, 11) is 3.23. The van der Waals surface area contributed by atoms with Crippen molar-refractivity contribution in [2.75, 3.05) is 32.3 Å². The molecule has 5 heteroatoms. The summed E-state index contributed by atoms with van der Waals surface area (Å²) in [5.41, 5.74) is 3.31. The van der Waals surface area contributed by atoms with Crippen molar-refractivity contribution in [3.8, 4) is 11.5 Å². The van der Waals surface area contributed by atoms with Crippen LogP contribution in [0.25, 0.3) is 11.6 Å². The van der Waals surface area contributed by atoms with Crippen molar-refractivity contribution in [1.29, 1.82) is 0 Å². The summed E-state index contributed by atoms with van der Waals surface area (Å²) in [5, 5.41) is 3.22. The van der Waals surface area contributed by atoms with Gasteiger partial charge in [-0.2, -0.15) is 0 Å². The van der Waals surface area contributed by atoms with E-state index in [1.807, 2.05) is 55.5 Å². The van der Waals surface area contributed by atoms with Gasteiger partial charge in [0, 0.05) is 16.7 Å². The van der Waals surface area contributed by atoms with Gasteiger partial charge in [0.05, 0.1) is 26.6 Å². The first-order chi connectivity index (χ1) is 12.2. The van der Waals surface area contributed by atoms with E-state index in [-0.39, 0.29) is 5.91 Å². The molecule has 130 valence electrons. The zero-order chi connectivity index (χ0) is 17.8. The molecule has 0 atom stereocenters. The maximum absolute atomic E-state index is 13.0. The number of para-hydroxylation sites is 1. The molecule has 0 aromatic heterocycles. The number of anilines is 1. The molecule has 0 bridgehead atoms. The highest BCUT2D eigenvalue weighted by molar-refractivity contribution is 6.35. The van der Waals surface area contributed by atoms with E-state index in [4.69, 9.17) is 9.47 Å². The van der Waals surface area contributed by atoms with Crippen molar-refractivity contribution in [2.45, 2.75) is 6.92 Å². The Hall–Kier alpha value is -2.79. The highest BCUT2D eigenvalue weighted by atomic mass is 16.5. The minimum atomic E-state index is -0.0213. The normalized spacial score (nSPS) is 14.8. The van der Waals surface area contributed by atoms with Crippen LogP contribution in [0.2, 0.25) is 0 Å². The molecule has 0 radical (unpaired) electrons. The summed E-state index contributed by atoms with van der Waals surface area (Å²) in [6, 6.07) is 13.4. The fourth-order valence-corrected chi connectivity index (χ4v) is 2.93. The maximum atomic E-state index is 13.0. The lowest BCUT2D eigenvalue weighted by atomic mass is 10.0. The zero-order valence-electron chi connectivity index (χ0n) is 14.7. The Kier molecular flexibility index (Phi) is 5.05. The Balaban J connectivity index is 2.08. The molecule has 1 N–H and O–H groups in total.